The van der Waals surface area contributed by atoms with E-state index in [0.717, 1.165) is 4.47 Å². The number of ether oxygens (including phenoxy) is 1. The number of anilines is 1. The Bertz CT molecular complexity index is 415. The van der Waals surface area contributed by atoms with E-state index in [0.29, 0.717) is 11.3 Å². The molecule has 1 heterocycles. The highest BCUT2D eigenvalue weighted by Gasteiger charge is 2.45. The molecule has 1 aromatic carbocycles. The molecule has 80 valence electrons. The number of methoxy groups -OCH3 is 1. The molecule has 1 aliphatic rings. The van der Waals surface area contributed by atoms with Crippen molar-refractivity contribution >= 4 is 27.4 Å². The number of Topliss-reactive ketones (excluding diaryl/α,β-unsaturated/α-hetero) is 1. The highest BCUT2D eigenvalue weighted by molar-refractivity contribution is 9.10. The first-order valence-corrected chi connectivity index (χ1v) is 5.21. The first kappa shape index (κ1) is 10.6. The van der Waals surface area contributed by atoms with Crippen molar-refractivity contribution in [2.75, 3.05) is 19.0 Å². The Morgan fingerprint density at radius 1 is 1.60 bits per heavy atom. The van der Waals surface area contributed by atoms with Crippen molar-refractivity contribution in [2.24, 2.45) is 0 Å². The number of hydrogen-bond acceptors (Lipinski definition) is 4. The Morgan fingerprint density at radius 2 is 2.33 bits per heavy atom. The average Bonchev–Trinajstić information content (AvgIpc) is 2.52. The number of hydrogen-bond donors (Lipinski definition) is 2. The summed E-state index contributed by atoms with van der Waals surface area (Å²) in [4.78, 5) is 11.9. The molecule has 1 atom stereocenters. The normalized spacial score (nSPS) is 23.8. The topological polar surface area (TPSA) is 58.6 Å². The molecule has 1 aliphatic heterocycles. The van der Waals surface area contributed by atoms with Crippen molar-refractivity contribution < 1.29 is 14.6 Å². The van der Waals surface area contributed by atoms with Crippen LogP contribution in [0.4, 0.5) is 5.69 Å². The molecule has 0 radical (unpaired) electrons. The van der Waals surface area contributed by atoms with Crippen LogP contribution in [-0.4, -0.2) is 30.3 Å². The van der Waals surface area contributed by atoms with Gasteiger partial charge in [0, 0.05) is 22.8 Å². The van der Waals surface area contributed by atoms with Gasteiger partial charge in [-0.3, -0.25) is 4.79 Å². The number of benzene rings is 1. The van der Waals surface area contributed by atoms with Gasteiger partial charge < -0.3 is 15.2 Å². The molecular formula is C10H10BrNO3. The van der Waals surface area contributed by atoms with Gasteiger partial charge >= 0.3 is 0 Å². The number of carbonyl (C=O) groups is 1. The van der Waals surface area contributed by atoms with E-state index in [2.05, 4.69) is 21.2 Å². The minimum absolute atomic E-state index is 0.241. The summed E-state index contributed by atoms with van der Waals surface area (Å²) in [7, 11) is 1.39. The van der Waals surface area contributed by atoms with Gasteiger partial charge in [0.2, 0.25) is 11.5 Å². The van der Waals surface area contributed by atoms with E-state index in [9.17, 15) is 9.90 Å². The largest absolute Gasteiger partial charge is 0.391 e. The molecule has 15 heavy (non-hydrogen) atoms. The van der Waals surface area contributed by atoms with E-state index in [-0.39, 0.29) is 5.78 Å². The summed E-state index contributed by atoms with van der Waals surface area (Å²) in [5.41, 5.74) is -0.109. The van der Waals surface area contributed by atoms with Gasteiger partial charge in [-0.1, -0.05) is 15.9 Å². The van der Waals surface area contributed by atoms with Crippen LogP contribution in [0, 0.1) is 0 Å². The molecule has 2 N–H and O–H groups in total. The zero-order valence-corrected chi connectivity index (χ0v) is 9.67. The predicted molar refractivity (Wildman–Crippen MR) is 58.9 cm³/mol. The van der Waals surface area contributed by atoms with Crippen molar-refractivity contribution in [3.05, 3.63) is 28.2 Å². The fourth-order valence-corrected chi connectivity index (χ4v) is 1.99. The molecule has 5 heteroatoms. The van der Waals surface area contributed by atoms with Crippen molar-refractivity contribution in [2.45, 2.75) is 5.72 Å². The quantitative estimate of drug-likeness (QED) is 0.854. The number of fused-ring (bicyclic) bond motifs is 1. The summed E-state index contributed by atoms with van der Waals surface area (Å²) in [5, 5.41) is 12.1. The summed E-state index contributed by atoms with van der Waals surface area (Å²) < 4.78 is 5.92. The molecule has 0 aliphatic carbocycles. The number of halogens is 1. The molecule has 4 nitrogen and oxygen atoms in total. The van der Waals surface area contributed by atoms with Gasteiger partial charge in [-0.25, -0.2) is 0 Å². The summed E-state index contributed by atoms with van der Waals surface area (Å²) in [5.74, 6) is -0.241. The molecule has 0 spiro atoms. The van der Waals surface area contributed by atoms with Crippen LogP contribution in [0.2, 0.25) is 0 Å². The molecule has 0 aromatic heterocycles. The monoisotopic (exact) mass is 271 g/mol. The first-order chi connectivity index (χ1) is 7.13. The second-order valence-electron chi connectivity index (χ2n) is 3.33. The van der Waals surface area contributed by atoms with Gasteiger partial charge in [-0.15, -0.1) is 0 Å². The Morgan fingerprint density at radius 3 is 2.93 bits per heavy atom. The van der Waals surface area contributed by atoms with Crippen molar-refractivity contribution in [1.29, 1.82) is 0 Å². The van der Waals surface area contributed by atoms with Crippen LogP contribution in [0.5, 0.6) is 0 Å². The Balaban J connectivity index is 2.49. The fourth-order valence-electron chi connectivity index (χ4n) is 1.63. The molecule has 0 unspecified atom stereocenters. The maximum Gasteiger partial charge on any atom is 0.226 e. The predicted octanol–water partition coefficient (Wildman–Crippen LogP) is 1.39. The van der Waals surface area contributed by atoms with Gasteiger partial charge in [-0.2, -0.15) is 0 Å². The smallest absolute Gasteiger partial charge is 0.226 e. The zero-order valence-electron chi connectivity index (χ0n) is 8.08. The Kier molecular flexibility index (Phi) is 2.54. The third-order valence-electron chi connectivity index (χ3n) is 2.50. The van der Waals surface area contributed by atoms with Crippen molar-refractivity contribution in [3.63, 3.8) is 0 Å². The van der Waals surface area contributed by atoms with E-state index in [1.807, 2.05) is 0 Å². The third kappa shape index (κ3) is 1.47. The Labute approximate surface area is 95.4 Å². The zero-order chi connectivity index (χ0) is 11.1. The summed E-state index contributed by atoms with van der Waals surface area (Å²) in [6.45, 7) is -0.394. The van der Waals surface area contributed by atoms with E-state index in [4.69, 9.17) is 4.74 Å². The van der Waals surface area contributed by atoms with Gasteiger partial charge in [0.25, 0.3) is 0 Å². The highest BCUT2D eigenvalue weighted by Crippen LogP contribution is 2.34. The second-order valence-corrected chi connectivity index (χ2v) is 4.25. The molecular weight excluding hydrogens is 262 g/mol. The van der Waals surface area contributed by atoms with Crippen LogP contribution < -0.4 is 5.32 Å². The van der Waals surface area contributed by atoms with Gasteiger partial charge in [0.1, 0.15) is 0 Å². The van der Waals surface area contributed by atoms with Gasteiger partial charge in [0.05, 0.1) is 6.61 Å². The van der Waals surface area contributed by atoms with Crippen LogP contribution in [0.1, 0.15) is 10.4 Å². The molecule has 0 fully saturated rings. The standard InChI is InChI=1S/C10H10BrNO3/c1-15-10(5-13)9(14)7-3-2-6(11)4-8(7)12-10/h2-4,12-13H,5H2,1H3/t10-/m0/s1. The third-order valence-corrected chi connectivity index (χ3v) is 2.99. The van der Waals surface area contributed by atoms with Crippen molar-refractivity contribution in [3.8, 4) is 0 Å². The molecule has 0 amide bonds. The van der Waals surface area contributed by atoms with Gasteiger partial charge in [0.15, 0.2) is 0 Å². The SMILES string of the molecule is CO[C@]1(CO)Nc2cc(Br)ccc2C1=O. The van der Waals surface area contributed by atoms with Gasteiger partial charge in [-0.05, 0) is 18.2 Å². The number of carbonyl (C=O) groups excluding carboxylic acids is 1. The summed E-state index contributed by atoms with van der Waals surface area (Å²) in [6.07, 6.45) is 0. The van der Waals surface area contributed by atoms with Crippen molar-refractivity contribution in [1.82, 2.24) is 0 Å². The van der Waals surface area contributed by atoms with E-state index < -0.39 is 12.3 Å². The minimum Gasteiger partial charge on any atom is -0.391 e. The van der Waals surface area contributed by atoms with Crippen LogP contribution in [0.25, 0.3) is 0 Å². The average molecular weight is 272 g/mol. The van der Waals surface area contributed by atoms with Crippen LogP contribution in [0.3, 0.4) is 0 Å². The molecule has 0 saturated carbocycles. The summed E-state index contributed by atoms with van der Waals surface area (Å²) in [6, 6.07) is 5.26. The fraction of sp³-hybridized carbons (Fsp3) is 0.300. The minimum atomic E-state index is -1.32. The van der Waals surface area contributed by atoms with Crippen LogP contribution in [0.15, 0.2) is 22.7 Å². The van der Waals surface area contributed by atoms with E-state index >= 15 is 0 Å². The first-order valence-electron chi connectivity index (χ1n) is 4.41. The molecule has 1 aromatic rings. The number of nitrogens with one attached hydrogen (secondary N) is 1. The highest BCUT2D eigenvalue weighted by atomic mass is 79.9. The number of ketones is 1. The lowest BCUT2D eigenvalue weighted by molar-refractivity contribution is -0.00987. The molecule has 2 rings (SSSR count). The summed E-state index contributed by atoms with van der Waals surface area (Å²) >= 11 is 3.31. The lowest BCUT2D eigenvalue weighted by Crippen LogP contribution is -2.47. The number of aliphatic hydroxyl groups is 1. The van der Waals surface area contributed by atoms with E-state index in [1.54, 1.807) is 18.2 Å². The maximum absolute atomic E-state index is 11.9. The number of aliphatic hydroxyl groups excluding tert-OH is 1. The van der Waals surface area contributed by atoms with E-state index in [1.165, 1.54) is 7.11 Å². The van der Waals surface area contributed by atoms with Crippen LogP contribution in [-0.2, 0) is 4.74 Å². The second kappa shape index (κ2) is 3.59. The van der Waals surface area contributed by atoms with Crippen LogP contribution >= 0.6 is 15.9 Å². The molecule has 0 bridgehead atoms. The molecule has 0 saturated heterocycles. The Hall–Kier alpha value is -0.910. The lowest BCUT2D eigenvalue weighted by Gasteiger charge is -2.23. The number of rotatable bonds is 2. The maximum atomic E-state index is 11.9. The lowest BCUT2D eigenvalue weighted by atomic mass is 10.1.